The monoisotopic (exact) mass is 72.0 g/mol. The van der Waals surface area contributed by atoms with E-state index in [1.807, 2.05) is 0 Å². The SMILES string of the molecule is O[CH]N1CC1. The molecule has 1 rings (SSSR count). The summed E-state index contributed by atoms with van der Waals surface area (Å²) in [5.74, 6) is 0. The predicted molar refractivity (Wildman–Crippen MR) is 17.8 cm³/mol. The van der Waals surface area contributed by atoms with Gasteiger partial charge < -0.3 is 5.11 Å². The molecule has 0 bridgehead atoms. The molecule has 2 heteroatoms. The van der Waals surface area contributed by atoms with Crippen LogP contribution in [0, 0.1) is 6.73 Å². The van der Waals surface area contributed by atoms with E-state index in [1.165, 1.54) is 0 Å². The maximum atomic E-state index is 8.01. The van der Waals surface area contributed by atoms with Crippen LogP contribution in [0.3, 0.4) is 0 Å². The van der Waals surface area contributed by atoms with E-state index in [9.17, 15) is 0 Å². The first-order valence-electron chi connectivity index (χ1n) is 1.65. The van der Waals surface area contributed by atoms with Crippen LogP contribution in [0.1, 0.15) is 0 Å². The summed E-state index contributed by atoms with van der Waals surface area (Å²) < 4.78 is 0. The van der Waals surface area contributed by atoms with Crippen molar-refractivity contribution in [1.29, 1.82) is 0 Å². The zero-order valence-corrected chi connectivity index (χ0v) is 2.89. The van der Waals surface area contributed by atoms with Gasteiger partial charge in [-0.15, -0.1) is 0 Å². The van der Waals surface area contributed by atoms with Crippen LogP contribution in [0.4, 0.5) is 0 Å². The topological polar surface area (TPSA) is 23.2 Å². The van der Waals surface area contributed by atoms with E-state index >= 15 is 0 Å². The van der Waals surface area contributed by atoms with Gasteiger partial charge in [-0.25, -0.2) is 0 Å². The van der Waals surface area contributed by atoms with Crippen LogP contribution in [0.2, 0.25) is 0 Å². The first-order valence-corrected chi connectivity index (χ1v) is 1.65. The van der Waals surface area contributed by atoms with Gasteiger partial charge in [0.25, 0.3) is 0 Å². The maximum absolute atomic E-state index is 8.01. The molecule has 1 fully saturated rings. The fourth-order valence-electron chi connectivity index (χ4n) is 0.173. The van der Waals surface area contributed by atoms with Crippen molar-refractivity contribution in [3.63, 3.8) is 0 Å². The van der Waals surface area contributed by atoms with Crippen molar-refractivity contribution in [2.75, 3.05) is 13.1 Å². The Kier molecular flexibility index (Phi) is 0.596. The highest BCUT2D eigenvalue weighted by molar-refractivity contribution is 4.72. The fourth-order valence-corrected chi connectivity index (χ4v) is 0.173. The van der Waals surface area contributed by atoms with Crippen LogP contribution in [0.15, 0.2) is 0 Å². The average Bonchev–Trinajstić information content (AvgIpc) is 2.12. The first kappa shape index (κ1) is 3.12. The summed E-state index contributed by atoms with van der Waals surface area (Å²) in [7, 11) is 0. The molecule has 0 spiro atoms. The van der Waals surface area contributed by atoms with Gasteiger partial charge in [0.1, 0.15) is 6.73 Å². The van der Waals surface area contributed by atoms with Gasteiger partial charge in [0.2, 0.25) is 0 Å². The van der Waals surface area contributed by atoms with Gasteiger partial charge in [0.05, 0.1) is 0 Å². The molecule has 2 nitrogen and oxygen atoms in total. The smallest absolute Gasteiger partial charge is 0.147 e. The van der Waals surface area contributed by atoms with Gasteiger partial charge in [-0.2, -0.15) is 0 Å². The van der Waals surface area contributed by atoms with E-state index in [0.717, 1.165) is 19.8 Å². The van der Waals surface area contributed by atoms with E-state index in [-0.39, 0.29) is 0 Å². The van der Waals surface area contributed by atoms with E-state index in [2.05, 4.69) is 0 Å². The highest BCUT2D eigenvalue weighted by Crippen LogP contribution is 2.01. The highest BCUT2D eigenvalue weighted by atomic mass is 16.3. The second kappa shape index (κ2) is 0.954. The Morgan fingerprint density at radius 2 is 2.20 bits per heavy atom. The first-order chi connectivity index (χ1) is 2.43. The van der Waals surface area contributed by atoms with Crippen molar-refractivity contribution < 1.29 is 5.11 Å². The minimum Gasteiger partial charge on any atom is -0.374 e. The summed E-state index contributed by atoms with van der Waals surface area (Å²) in [4.78, 5) is 1.81. The third-order valence-corrected chi connectivity index (χ3v) is 0.645. The van der Waals surface area contributed by atoms with Crippen LogP contribution in [0.5, 0.6) is 0 Å². The molecule has 0 aliphatic carbocycles. The molecule has 29 valence electrons. The molecule has 0 saturated carbocycles. The van der Waals surface area contributed by atoms with Gasteiger partial charge in [0.15, 0.2) is 0 Å². The second-order valence-electron chi connectivity index (χ2n) is 1.15. The molecular weight excluding hydrogens is 66.0 g/mol. The molecule has 1 heterocycles. The largest absolute Gasteiger partial charge is 0.374 e. The summed E-state index contributed by atoms with van der Waals surface area (Å²) >= 11 is 0. The quantitative estimate of drug-likeness (QED) is 0.433. The predicted octanol–water partition coefficient (Wildman–Crippen LogP) is -0.206. The molecule has 1 saturated heterocycles. The Morgan fingerprint density at radius 3 is 2.20 bits per heavy atom. The molecule has 0 aromatic rings. The molecule has 1 radical (unpaired) electrons. The van der Waals surface area contributed by atoms with Crippen molar-refractivity contribution in [2.24, 2.45) is 0 Å². The highest BCUT2D eigenvalue weighted by Gasteiger charge is 2.14. The molecule has 0 aromatic carbocycles. The number of nitrogens with zero attached hydrogens (tertiary/aromatic N) is 1. The van der Waals surface area contributed by atoms with Crippen LogP contribution in [-0.2, 0) is 0 Å². The summed E-state index contributed by atoms with van der Waals surface area (Å²) in [6.45, 7) is 3.19. The molecule has 0 amide bonds. The van der Waals surface area contributed by atoms with E-state index in [0.29, 0.717) is 0 Å². The minimum absolute atomic E-state index is 1.04. The summed E-state index contributed by atoms with van der Waals surface area (Å²) in [5.41, 5.74) is 0. The maximum Gasteiger partial charge on any atom is 0.147 e. The lowest BCUT2D eigenvalue weighted by Crippen LogP contribution is -1.85. The van der Waals surface area contributed by atoms with Crippen LogP contribution in [-0.4, -0.2) is 23.1 Å². The number of hydrogen-bond donors (Lipinski definition) is 1. The molecule has 1 aliphatic heterocycles. The molecule has 5 heavy (non-hydrogen) atoms. The van der Waals surface area contributed by atoms with Crippen LogP contribution < -0.4 is 0 Å². The van der Waals surface area contributed by atoms with Gasteiger partial charge in [-0.05, 0) is 0 Å². The Bertz CT molecular complexity index is 33.9. The molecule has 1 aliphatic rings. The molecule has 0 aromatic heterocycles. The van der Waals surface area contributed by atoms with Crippen molar-refractivity contribution in [1.82, 2.24) is 4.90 Å². The minimum atomic E-state index is 1.04. The molecule has 0 unspecified atom stereocenters. The lowest BCUT2D eigenvalue weighted by molar-refractivity contribution is 0.299. The second-order valence-corrected chi connectivity index (χ2v) is 1.15. The lowest BCUT2D eigenvalue weighted by atomic mass is 11.0. The summed E-state index contributed by atoms with van der Waals surface area (Å²) in [6, 6.07) is 0. The Labute approximate surface area is 31.0 Å². The van der Waals surface area contributed by atoms with Gasteiger partial charge >= 0.3 is 0 Å². The molecule has 1 N–H and O–H groups in total. The zero-order chi connectivity index (χ0) is 3.70. The summed E-state index contributed by atoms with van der Waals surface area (Å²) in [5, 5.41) is 8.01. The van der Waals surface area contributed by atoms with E-state index < -0.39 is 0 Å². The van der Waals surface area contributed by atoms with Crippen molar-refractivity contribution in [3.05, 3.63) is 6.73 Å². The Morgan fingerprint density at radius 1 is 1.60 bits per heavy atom. The van der Waals surface area contributed by atoms with E-state index in [4.69, 9.17) is 5.11 Å². The van der Waals surface area contributed by atoms with Gasteiger partial charge in [-0.1, -0.05) is 0 Å². The number of hydrogen-bond acceptors (Lipinski definition) is 2. The third-order valence-electron chi connectivity index (χ3n) is 0.645. The van der Waals surface area contributed by atoms with Crippen molar-refractivity contribution in [3.8, 4) is 0 Å². The van der Waals surface area contributed by atoms with Gasteiger partial charge in [-0.3, -0.25) is 4.90 Å². The third kappa shape index (κ3) is 0.597. The molecule has 0 atom stereocenters. The summed E-state index contributed by atoms with van der Waals surface area (Å²) in [6.07, 6.45) is 0. The fraction of sp³-hybridized carbons (Fsp3) is 0.667. The number of aliphatic hydroxyl groups excluding tert-OH is 1. The molecular formula is C3H6NO. The van der Waals surface area contributed by atoms with Crippen LogP contribution in [0.25, 0.3) is 0 Å². The lowest BCUT2D eigenvalue weighted by Gasteiger charge is -1.79. The Hall–Kier alpha value is -0.0800. The number of rotatable bonds is 1. The van der Waals surface area contributed by atoms with E-state index in [1.54, 1.807) is 4.90 Å². The van der Waals surface area contributed by atoms with Gasteiger partial charge in [0, 0.05) is 13.1 Å². The van der Waals surface area contributed by atoms with Crippen molar-refractivity contribution >= 4 is 0 Å². The number of aliphatic hydroxyl groups is 1. The Balaban J connectivity index is 2.00. The normalized spacial score (nSPS) is 23.4. The van der Waals surface area contributed by atoms with Crippen molar-refractivity contribution in [2.45, 2.75) is 0 Å². The van der Waals surface area contributed by atoms with Crippen LogP contribution >= 0.6 is 0 Å². The standard InChI is InChI=1S/C3H6NO/c5-3-4-1-2-4/h3,5H,1-2H2. The average molecular weight is 72.1 g/mol. The zero-order valence-electron chi connectivity index (χ0n) is 2.89.